The largest absolute Gasteiger partial charge is 0.477 e. The summed E-state index contributed by atoms with van der Waals surface area (Å²) in [6.07, 6.45) is 0.0932. The number of aromatic carboxylic acids is 1. The molecule has 5 nitrogen and oxygen atoms in total. The molecule has 0 radical (unpaired) electrons. The Morgan fingerprint density at radius 1 is 1.33 bits per heavy atom. The lowest BCUT2D eigenvalue weighted by Crippen LogP contribution is -2.28. The fourth-order valence-corrected chi connectivity index (χ4v) is 2.88. The van der Waals surface area contributed by atoms with Crippen molar-refractivity contribution in [3.05, 3.63) is 51.5 Å². The van der Waals surface area contributed by atoms with Crippen molar-refractivity contribution in [2.75, 3.05) is 0 Å². The first-order valence-electron chi connectivity index (χ1n) is 6.51. The smallest absolute Gasteiger partial charge is 0.347 e. The molecule has 6 heteroatoms. The van der Waals surface area contributed by atoms with E-state index in [1.165, 1.54) is 0 Å². The van der Waals surface area contributed by atoms with Crippen LogP contribution in [-0.2, 0) is 11.2 Å². The van der Waals surface area contributed by atoms with Gasteiger partial charge in [0, 0.05) is 0 Å². The number of amides is 1. The highest BCUT2D eigenvalue weighted by molar-refractivity contribution is 7.13. The second-order valence-electron chi connectivity index (χ2n) is 4.70. The lowest BCUT2D eigenvalue weighted by Gasteiger charge is -2.13. The number of thiazole rings is 1. The molecule has 0 spiro atoms. The van der Waals surface area contributed by atoms with Crippen LogP contribution in [-0.4, -0.2) is 22.0 Å². The van der Waals surface area contributed by atoms with Crippen LogP contribution in [0.1, 0.15) is 38.9 Å². The fraction of sp³-hybridized carbons (Fsp3) is 0.267. The Morgan fingerprint density at radius 2 is 2.00 bits per heavy atom. The minimum absolute atomic E-state index is 0.0932. The van der Waals surface area contributed by atoms with Gasteiger partial charge in [-0.3, -0.25) is 4.79 Å². The molecule has 0 bridgehead atoms. The van der Waals surface area contributed by atoms with Crippen molar-refractivity contribution in [2.24, 2.45) is 0 Å². The summed E-state index contributed by atoms with van der Waals surface area (Å²) in [7, 11) is 0. The van der Waals surface area contributed by atoms with Gasteiger partial charge in [-0.15, -0.1) is 11.3 Å². The third kappa shape index (κ3) is 3.88. The monoisotopic (exact) mass is 304 g/mol. The lowest BCUT2D eigenvalue weighted by atomic mass is 10.1. The number of carboxylic acids is 1. The summed E-state index contributed by atoms with van der Waals surface area (Å²) in [5.74, 6) is -1.17. The summed E-state index contributed by atoms with van der Waals surface area (Å²) in [6.45, 7) is 3.54. The second-order valence-corrected chi connectivity index (χ2v) is 5.79. The van der Waals surface area contributed by atoms with Gasteiger partial charge in [-0.05, 0) is 19.4 Å². The Balaban J connectivity index is 1.99. The van der Waals surface area contributed by atoms with Gasteiger partial charge in [-0.2, -0.15) is 0 Å². The number of aromatic nitrogens is 1. The van der Waals surface area contributed by atoms with E-state index in [-0.39, 0.29) is 23.2 Å². The third-order valence-electron chi connectivity index (χ3n) is 3.02. The quantitative estimate of drug-likeness (QED) is 0.889. The molecule has 0 unspecified atom stereocenters. The molecule has 1 heterocycles. The van der Waals surface area contributed by atoms with Crippen LogP contribution in [0.2, 0.25) is 0 Å². The maximum atomic E-state index is 12.0. The number of hydrogen-bond acceptors (Lipinski definition) is 4. The van der Waals surface area contributed by atoms with Gasteiger partial charge in [0.15, 0.2) is 0 Å². The van der Waals surface area contributed by atoms with E-state index >= 15 is 0 Å². The van der Waals surface area contributed by atoms with Gasteiger partial charge in [0.2, 0.25) is 5.91 Å². The molecule has 1 atom stereocenters. The minimum atomic E-state index is -1.01. The molecule has 2 aromatic rings. The minimum Gasteiger partial charge on any atom is -0.477 e. The van der Waals surface area contributed by atoms with Crippen molar-refractivity contribution in [3.8, 4) is 0 Å². The first-order valence-corrected chi connectivity index (χ1v) is 7.33. The van der Waals surface area contributed by atoms with E-state index in [4.69, 9.17) is 5.11 Å². The van der Waals surface area contributed by atoms with Gasteiger partial charge < -0.3 is 10.4 Å². The number of hydrogen-bond donors (Lipinski definition) is 2. The van der Waals surface area contributed by atoms with Crippen LogP contribution in [0.15, 0.2) is 30.3 Å². The Kier molecular flexibility index (Phi) is 4.70. The van der Waals surface area contributed by atoms with E-state index in [2.05, 4.69) is 10.3 Å². The molecule has 0 saturated carbocycles. The van der Waals surface area contributed by atoms with Crippen molar-refractivity contribution in [1.82, 2.24) is 10.3 Å². The van der Waals surface area contributed by atoms with E-state index < -0.39 is 5.97 Å². The fourth-order valence-electron chi connectivity index (χ4n) is 1.98. The van der Waals surface area contributed by atoms with E-state index in [0.29, 0.717) is 10.7 Å². The van der Waals surface area contributed by atoms with Gasteiger partial charge in [0.25, 0.3) is 0 Å². The molecule has 0 fully saturated rings. The molecule has 0 aliphatic heterocycles. The summed E-state index contributed by atoms with van der Waals surface area (Å²) in [6, 6.07) is 9.55. The van der Waals surface area contributed by atoms with Crippen LogP contribution >= 0.6 is 11.3 Å². The molecule has 21 heavy (non-hydrogen) atoms. The number of carboxylic acid groups (broad SMARTS) is 1. The Bertz CT molecular complexity index is 652. The zero-order valence-electron chi connectivity index (χ0n) is 11.8. The number of carbonyl (C=O) groups is 2. The Morgan fingerprint density at radius 3 is 2.57 bits per heavy atom. The maximum Gasteiger partial charge on any atom is 0.347 e. The predicted octanol–water partition coefficient (Wildman–Crippen LogP) is 2.57. The highest BCUT2D eigenvalue weighted by Gasteiger charge is 2.17. The molecule has 1 aromatic carbocycles. The molecular weight excluding hydrogens is 288 g/mol. The summed E-state index contributed by atoms with van der Waals surface area (Å²) in [5, 5.41) is 12.4. The molecule has 1 amide bonds. The van der Waals surface area contributed by atoms with E-state index in [0.717, 1.165) is 16.9 Å². The lowest BCUT2D eigenvalue weighted by molar-refractivity contribution is -0.121. The van der Waals surface area contributed by atoms with Gasteiger partial charge in [-0.1, -0.05) is 30.3 Å². The van der Waals surface area contributed by atoms with Crippen LogP contribution < -0.4 is 5.32 Å². The highest BCUT2D eigenvalue weighted by atomic mass is 32.1. The molecule has 2 N–H and O–H groups in total. The number of benzene rings is 1. The van der Waals surface area contributed by atoms with Gasteiger partial charge in [0.1, 0.15) is 9.88 Å². The SMILES string of the molecule is Cc1nc(CC(=O)N[C@@H](C)c2ccccc2)sc1C(=O)O. The molecule has 0 aliphatic rings. The number of nitrogens with one attached hydrogen (secondary N) is 1. The molecule has 0 aliphatic carbocycles. The molecular formula is C15H16N2O3S. The van der Waals surface area contributed by atoms with Crippen LogP contribution in [0.3, 0.4) is 0 Å². The molecule has 110 valence electrons. The number of nitrogens with zero attached hydrogens (tertiary/aromatic N) is 1. The molecule has 1 aromatic heterocycles. The van der Waals surface area contributed by atoms with Gasteiger partial charge in [0.05, 0.1) is 18.2 Å². The van der Waals surface area contributed by atoms with Crippen LogP contribution in [0.4, 0.5) is 0 Å². The zero-order valence-corrected chi connectivity index (χ0v) is 12.6. The zero-order chi connectivity index (χ0) is 15.4. The summed E-state index contributed by atoms with van der Waals surface area (Å²) in [4.78, 5) is 27.3. The van der Waals surface area contributed by atoms with Crippen molar-refractivity contribution >= 4 is 23.2 Å². The number of carbonyl (C=O) groups excluding carboxylic acids is 1. The Hall–Kier alpha value is -2.21. The average Bonchev–Trinajstić information content (AvgIpc) is 2.80. The summed E-state index contributed by atoms with van der Waals surface area (Å²) < 4.78 is 0. The highest BCUT2D eigenvalue weighted by Crippen LogP contribution is 2.19. The van der Waals surface area contributed by atoms with Gasteiger partial charge in [-0.25, -0.2) is 9.78 Å². The second kappa shape index (κ2) is 6.49. The number of aryl methyl sites for hydroxylation is 1. The average molecular weight is 304 g/mol. The van der Waals surface area contributed by atoms with Crippen molar-refractivity contribution in [2.45, 2.75) is 26.3 Å². The van der Waals surface area contributed by atoms with E-state index in [1.54, 1.807) is 6.92 Å². The molecule has 2 rings (SSSR count). The number of rotatable bonds is 5. The van der Waals surface area contributed by atoms with Crippen LogP contribution in [0, 0.1) is 6.92 Å². The summed E-state index contributed by atoms with van der Waals surface area (Å²) in [5.41, 5.74) is 1.47. The van der Waals surface area contributed by atoms with Gasteiger partial charge >= 0.3 is 5.97 Å². The summed E-state index contributed by atoms with van der Waals surface area (Å²) >= 11 is 1.05. The van der Waals surface area contributed by atoms with Crippen molar-refractivity contribution in [1.29, 1.82) is 0 Å². The normalized spacial score (nSPS) is 11.9. The van der Waals surface area contributed by atoms with Crippen molar-refractivity contribution in [3.63, 3.8) is 0 Å². The Labute approximate surface area is 126 Å². The van der Waals surface area contributed by atoms with Crippen LogP contribution in [0.25, 0.3) is 0 Å². The molecule has 0 saturated heterocycles. The van der Waals surface area contributed by atoms with E-state index in [9.17, 15) is 9.59 Å². The predicted molar refractivity (Wildman–Crippen MR) is 80.5 cm³/mol. The first-order chi connectivity index (χ1) is 9.97. The maximum absolute atomic E-state index is 12.0. The van der Waals surface area contributed by atoms with E-state index in [1.807, 2.05) is 37.3 Å². The standard InChI is InChI=1S/C15H16N2O3S/c1-9(11-6-4-3-5-7-11)16-12(18)8-13-17-10(2)14(21-13)15(19)20/h3-7,9H,8H2,1-2H3,(H,16,18)(H,19,20)/t9-/m0/s1. The van der Waals surface area contributed by atoms with Crippen molar-refractivity contribution < 1.29 is 14.7 Å². The van der Waals surface area contributed by atoms with Crippen LogP contribution in [0.5, 0.6) is 0 Å². The third-order valence-corrected chi connectivity index (χ3v) is 4.17. The first kappa shape index (κ1) is 15.2. The topological polar surface area (TPSA) is 79.3 Å².